The number of rotatable bonds is 6. The van der Waals surface area contributed by atoms with Crippen molar-refractivity contribution in [3.63, 3.8) is 0 Å². The Morgan fingerprint density at radius 2 is 2.17 bits per heavy atom. The molecule has 0 unspecified atom stereocenters. The summed E-state index contributed by atoms with van der Waals surface area (Å²) >= 11 is 1.48. The number of amides is 1. The summed E-state index contributed by atoms with van der Waals surface area (Å²) in [5, 5.41) is 26.3. The molecule has 2 N–H and O–H groups in total. The van der Waals surface area contributed by atoms with E-state index in [4.69, 9.17) is 0 Å². The van der Waals surface area contributed by atoms with Crippen LogP contribution in [0.2, 0.25) is 0 Å². The molecular formula is C21H25N5O2S. The fourth-order valence-corrected chi connectivity index (χ4v) is 4.60. The van der Waals surface area contributed by atoms with Gasteiger partial charge in [-0.25, -0.2) is 0 Å². The minimum Gasteiger partial charge on any atom is -0.389 e. The molecule has 1 amide bonds. The molecule has 0 saturated carbocycles. The van der Waals surface area contributed by atoms with Gasteiger partial charge in [0.1, 0.15) is 12.2 Å². The van der Waals surface area contributed by atoms with Crippen molar-refractivity contribution in [1.29, 1.82) is 0 Å². The van der Waals surface area contributed by atoms with Crippen LogP contribution < -0.4 is 5.32 Å². The molecule has 29 heavy (non-hydrogen) atoms. The van der Waals surface area contributed by atoms with E-state index >= 15 is 0 Å². The molecule has 3 aromatic rings. The van der Waals surface area contributed by atoms with Gasteiger partial charge in [-0.05, 0) is 30.4 Å². The predicted octanol–water partition coefficient (Wildman–Crippen LogP) is 2.25. The Bertz CT molecular complexity index is 943. The van der Waals surface area contributed by atoms with Crippen molar-refractivity contribution >= 4 is 17.2 Å². The second kappa shape index (κ2) is 8.44. The van der Waals surface area contributed by atoms with Gasteiger partial charge in [-0.3, -0.25) is 9.69 Å². The Hall–Kier alpha value is -2.55. The second-order valence-corrected chi connectivity index (χ2v) is 8.12. The lowest BCUT2D eigenvalue weighted by Gasteiger charge is -2.46. The van der Waals surface area contributed by atoms with Crippen LogP contribution in [0, 0.1) is 0 Å². The highest BCUT2D eigenvalue weighted by Gasteiger charge is 2.45. The van der Waals surface area contributed by atoms with Crippen LogP contribution in [-0.2, 0) is 18.6 Å². The second-order valence-electron chi connectivity index (χ2n) is 7.34. The van der Waals surface area contributed by atoms with Crippen LogP contribution in [0.1, 0.15) is 35.1 Å². The zero-order chi connectivity index (χ0) is 20.3. The quantitative estimate of drug-likeness (QED) is 0.650. The summed E-state index contributed by atoms with van der Waals surface area (Å²) in [7, 11) is 0. The van der Waals surface area contributed by atoms with Gasteiger partial charge in [0.25, 0.3) is 5.91 Å². The number of likely N-dealkylation sites (tertiary alicyclic amines) is 1. The number of benzene rings is 1. The molecule has 1 aliphatic rings. The number of thiophene rings is 1. The molecule has 2 atom stereocenters. The Balaban J connectivity index is 1.57. The molecule has 1 saturated heterocycles. The summed E-state index contributed by atoms with van der Waals surface area (Å²) in [6.45, 7) is 4.65. The minimum atomic E-state index is -0.824. The smallest absolute Gasteiger partial charge is 0.252 e. The average molecular weight is 412 g/mol. The molecule has 8 heteroatoms. The van der Waals surface area contributed by atoms with Gasteiger partial charge in [0.2, 0.25) is 0 Å². The van der Waals surface area contributed by atoms with E-state index < -0.39 is 11.6 Å². The third-order valence-electron chi connectivity index (χ3n) is 5.63. The molecule has 152 valence electrons. The summed E-state index contributed by atoms with van der Waals surface area (Å²) < 4.78 is 2.00. The molecule has 0 aliphatic carbocycles. The van der Waals surface area contributed by atoms with Crippen LogP contribution >= 0.6 is 11.3 Å². The Kier molecular flexibility index (Phi) is 5.75. The van der Waals surface area contributed by atoms with E-state index in [2.05, 4.69) is 27.3 Å². The highest BCUT2D eigenvalue weighted by molar-refractivity contribution is 7.08. The van der Waals surface area contributed by atoms with E-state index in [0.29, 0.717) is 25.1 Å². The Labute approximate surface area is 174 Å². The molecule has 4 rings (SSSR count). The molecular weight excluding hydrogens is 386 g/mol. The third kappa shape index (κ3) is 3.96. The largest absolute Gasteiger partial charge is 0.389 e. The number of aromatic nitrogens is 3. The summed E-state index contributed by atoms with van der Waals surface area (Å²) in [5.41, 5.74) is 0.721. The fraction of sp³-hybridized carbons (Fsp3) is 0.381. The van der Waals surface area contributed by atoms with E-state index in [0.717, 1.165) is 24.5 Å². The van der Waals surface area contributed by atoms with Crippen molar-refractivity contribution in [2.24, 2.45) is 0 Å². The van der Waals surface area contributed by atoms with Crippen molar-refractivity contribution in [1.82, 2.24) is 25.0 Å². The van der Waals surface area contributed by atoms with Crippen LogP contribution in [0.15, 0.2) is 53.5 Å². The number of aryl methyl sites for hydroxylation is 1. The molecule has 7 nitrogen and oxygen atoms in total. The highest BCUT2D eigenvalue weighted by Crippen LogP contribution is 2.34. The number of β-amino-alcohol motifs (C(OH)–C–C–N with tert-alkyl or cyclic N) is 1. The Morgan fingerprint density at radius 1 is 1.34 bits per heavy atom. The van der Waals surface area contributed by atoms with Crippen LogP contribution in [-0.4, -0.2) is 49.9 Å². The molecule has 0 radical (unpaired) electrons. The van der Waals surface area contributed by atoms with E-state index in [1.807, 2.05) is 45.7 Å². The van der Waals surface area contributed by atoms with E-state index in [1.54, 1.807) is 12.4 Å². The zero-order valence-corrected chi connectivity index (χ0v) is 17.2. The summed E-state index contributed by atoms with van der Waals surface area (Å²) in [6, 6.07) is 11.6. The lowest BCUT2D eigenvalue weighted by Crippen LogP contribution is -2.61. The monoisotopic (exact) mass is 411 g/mol. The van der Waals surface area contributed by atoms with Crippen molar-refractivity contribution in [2.75, 3.05) is 13.1 Å². The topological polar surface area (TPSA) is 83.3 Å². The molecule has 3 heterocycles. The lowest BCUT2D eigenvalue weighted by molar-refractivity contribution is -0.0190. The van der Waals surface area contributed by atoms with Gasteiger partial charge < -0.3 is 15.0 Å². The molecule has 2 aromatic heterocycles. The van der Waals surface area contributed by atoms with Crippen LogP contribution in [0.3, 0.4) is 0 Å². The maximum atomic E-state index is 12.9. The van der Waals surface area contributed by atoms with Gasteiger partial charge in [0, 0.05) is 25.0 Å². The molecule has 1 fully saturated rings. The number of nitrogens with one attached hydrogen (secondary N) is 1. The van der Waals surface area contributed by atoms with Crippen LogP contribution in [0.4, 0.5) is 0 Å². The maximum absolute atomic E-state index is 12.9. The summed E-state index contributed by atoms with van der Waals surface area (Å²) in [4.78, 5) is 15.0. The SMILES string of the molecule is CCn1cnnc1CN1CC[C@](NC(=O)c2ccsc2)(c2ccccc2)[C@H](O)C1. The van der Waals surface area contributed by atoms with E-state index in [-0.39, 0.29) is 5.91 Å². The van der Waals surface area contributed by atoms with Gasteiger partial charge >= 0.3 is 0 Å². The first-order valence-corrected chi connectivity index (χ1v) is 10.7. The average Bonchev–Trinajstić information content (AvgIpc) is 3.43. The van der Waals surface area contributed by atoms with Gasteiger partial charge in [0.05, 0.1) is 23.8 Å². The number of carbonyl (C=O) groups is 1. The van der Waals surface area contributed by atoms with Crippen molar-refractivity contribution < 1.29 is 9.90 Å². The number of piperidine rings is 1. The fourth-order valence-electron chi connectivity index (χ4n) is 3.96. The maximum Gasteiger partial charge on any atom is 0.252 e. The zero-order valence-electron chi connectivity index (χ0n) is 16.4. The first-order valence-electron chi connectivity index (χ1n) is 9.79. The molecule has 1 aromatic carbocycles. The lowest BCUT2D eigenvalue weighted by atomic mass is 9.78. The number of carbonyl (C=O) groups excluding carboxylic acids is 1. The normalized spacial score (nSPS) is 22.5. The number of aliphatic hydroxyl groups is 1. The number of hydrogen-bond donors (Lipinski definition) is 2. The molecule has 1 aliphatic heterocycles. The van der Waals surface area contributed by atoms with Crippen molar-refractivity contribution in [2.45, 2.75) is 38.1 Å². The minimum absolute atomic E-state index is 0.159. The van der Waals surface area contributed by atoms with Gasteiger partial charge in [0.15, 0.2) is 0 Å². The van der Waals surface area contributed by atoms with Crippen LogP contribution in [0.5, 0.6) is 0 Å². The van der Waals surface area contributed by atoms with E-state index in [9.17, 15) is 9.90 Å². The third-order valence-corrected chi connectivity index (χ3v) is 6.32. The molecule has 0 spiro atoms. The highest BCUT2D eigenvalue weighted by atomic mass is 32.1. The van der Waals surface area contributed by atoms with Gasteiger partial charge in [-0.1, -0.05) is 30.3 Å². The van der Waals surface area contributed by atoms with Crippen molar-refractivity contribution in [3.05, 3.63) is 70.4 Å². The number of aliphatic hydroxyl groups excluding tert-OH is 1. The first kappa shape index (κ1) is 19.8. The van der Waals surface area contributed by atoms with Gasteiger partial charge in [-0.15, -0.1) is 10.2 Å². The van der Waals surface area contributed by atoms with Crippen molar-refractivity contribution in [3.8, 4) is 0 Å². The van der Waals surface area contributed by atoms with E-state index in [1.165, 1.54) is 11.3 Å². The Morgan fingerprint density at radius 3 is 2.86 bits per heavy atom. The van der Waals surface area contributed by atoms with Gasteiger partial charge in [-0.2, -0.15) is 11.3 Å². The van der Waals surface area contributed by atoms with Crippen LogP contribution in [0.25, 0.3) is 0 Å². The summed E-state index contributed by atoms with van der Waals surface area (Å²) in [6.07, 6.45) is 1.58. The number of hydrogen-bond acceptors (Lipinski definition) is 6. The predicted molar refractivity (Wildman–Crippen MR) is 112 cm³/mol. The summed E-state index contributed by atoms with van der Waals surface area (Å²) in [5.74, 6) is 0.725. The first-order chi connectivity index (χ1) is 14.1. The number of nitrogens with zero attached hydrogens (tertiary/aromatic N) is 4. The standard InChI is InChI=1S/C21H25N5O2S/c1-2-26-15-22-24-19(26)13-25-10-9-21(18(27)12-25,17-6-4-3-5-7-17)23-20(28)16-8-11-29-14-16/h3-8,11,14-15,18,27H,2,9-10,12-13H2,1H3,(H,23,28)/t18-,21+/m1/s1. The molecule has 0 bridgehead atoms.